The highest BCUT2D eigenvalue weighted by molar-refractivity contribution is 7.91. The van der Waals surface area contributed by atoms with E-state index in [2.05, 4.69) is 12.2 Å². The summed E-state index contributed by atoms with van der Waals surface area (Å²) in [6.45, 7) is 2.15. The number of rotatable bonds is 6. The first-order valence-corrected chi connectivity index (χ1v) is 6.70. The van der Waals surface area contributed by atoms with Gasteiger partial charge in [-0.2, -0.15) is 0 Å². The van der Waals surface area contributed by atoms with Crippen LogP contribution in [0.1, 0.15) is 19.8 Å². The molecule has 2 nitrogen and oxygen atoms in total. The molecule has 0 fully saturated rings. The molecule has 1 N–H and O–H groups in total. The van der Waals surface area contributed by atoms with Crippen LogP contribution in [0, 0.1) is 0 Å². The molecule has 0 aliphatic carbocycles. The Labute approximate surface area is 95.3 Å². The van der Waals surface area contributed by atoms with Gasteiger partial charge in [-0.05, 0) is 36.8 Å². The van der Waals surface area contributed by atoms with E-state index in [4.69, 9.17) is 0 Å². The van der Waals surface area contributed by atoms with Crippen molar-refractivity contribution in [1.29, 1.82) is 0 Å². The summed E-state index contributed by atoms with van der Waals surface area (Å²) in [6.07, 6.45) is 2.20. The normalized spacial score (nSPS) is 14.9. The molecule has 1 rings (SSSR count). The van der Waals surface area contributed by atoms with Crippen molar-refractivity contribution in [3.8, 4) is 0 Å². The average Bonchev–Trinajstić information content (AvgIpc) is 2.29. The standard InChI is InChI=1S/C12H19NOS/c1-3-7-11(13-2)10-15(14)12-8-5-4-6-9-12/h4-6,8-9,11,13H,3,7,10H2,1-2H3/t11-,15?/m1/s1. The third-order valence-corrected chi connectivity index (χ3v) is 3.91. The van der Waals surface area contributed by atoms with Crippen molar-refractivity contribution in [3.05, 3.63) is 30.3 Å². The van der Waals surface area contributed by atoms with Gasteiger partial charge in [0, 0.05) is 0 Å². The second kappa shape index (κ2) is 6.88. The van der Waals surface area contributed by atoms with Crippen LogP contribution in [0.15, 0.2) is 35.2 Å². The summed E-state index contributed by atoms with van der Waals surface area (Å²) < 4.78 is 12.0. The first-order valence-electron chi connectivity index (χ1n) is 5.38. The first-order chi connectivity index (χ1) is 7.27. The van der Waals surface area contributed by atoms with Crippen LogP contribution in [0.2, 0.25) is 0 Å². The van der Waals surface area contributed by atoms with Gasteiger partial charge in [0.05, 0.1) is 6.04 Å². The molecule has 1 aromatic rings. The van der Waals surface area contributed by atoms with Crippen molar-refractivity contribution in [2.75, 3.05) is 12.8 Å². The smallest absolute Gasteiger partial charge is 0.152 e. The van der Waals surface area contributed by atoms with Gasteiger partial charge in [0.25, 0.3) is 0 Å². The summed E-state index contributed by atoms with van der Waals surface area (Å²) in [5.74, 6) is 0.703. The monoisotopic (exact) mass is 225 g/mol. The van der Waals surface area contributed by atoms with Crippen LogP contribution >= 0.6 is 0 Å². The summed E-state index contributed by atoms with van der Waals surface area (Å²) in [4.78, 5) is 0.925. The first kappa shape index (κ1) is 12.6. The lowest BCUT2D eigenvalue weighted by Gasteiger charge is -2.17. The van der Waals surface area contributed by atoms with E-state index in [0.717, 1.165) is 17.7 Å². The summed E-state index contributed by atoms with van der Waals surface area (Å²) in [5.41, 5.74) is 0. The minimum absolute atomic E-state index is 0.357. The topological polar surface area (TPSA) is 35.1 Å². The maximum Gasteiger partial charge on any atom is 0.152 e. The van der Waals surface area contributed by atoms with Gasteiger partial charge >= 0.3 is 0 Å². The molecule has 0 heterocycles. The Morgan fingerprint density at radius 1 is 1.33 bits per heavy atom. The average molecular weight is 225 g/mol. The maximum atomic E-state index is 12.0. The van der Waals surface area contributed by atoms with Crippen LogP contribution in [0.25, 0.3) is 0 Å². The molecule has 15 heavy (non-hydrogen) atoms. The highest BCUT2D eigenvalue weighted by atomic mass is 32.2. The SMILES string of the molecule is CCC[C@H](C[S+]([O-])c1ccccc1)NC. The highest BCUT2D eigenvalue weighted by Crippen LogP contribution is 2.12. The lowest BCUT2D eigenvalue weighted by Crippen LogP contribution is -2.32. The zero-order valence-corrected chi connectivity index (χ0v) is 10.2. The molecule has 3 heteroatoms. The fraction of sp³-hybridized carbons (Fsp3) is 0.500. The van der Waals surface area contributed by atoms with Crippen molar-refractivity contribution in [1.82, 2.24) is 5.32 Å². The van der Waals surface area contributed by atoms with Crippen LogP contribution in [-0.2, 0) is 11.2 Å². The molecule has 0 saturated carbocycles. The molecule has 0 aromatic heterocycles. The number of benzene rings is 1. The van der Waals surface area contributed by atoms with E-state index in [0.29, 0.717) is 11.8 Å². The molecule has 0 saturated heterocycles. The molecule has 1 unspecified atom stereocenters. The number of hydrogen-bond donors (Lipinski definition) is 1. The third kappa shape index (κ3) is 4.24. The van der Waals surface area contributed by atoms with E-state index >= 15 is 0 Å². The van der Waals surface area contributed by atoms with Gasteiger partial charge in [0.15, 0.2) is 4.90 Å². The van der Waals surface area contributed by atoms with Crippen LogP contribution in [0.5, 0.6) is 0 Å². The Morgan fingerprint density at radius 2 is 2.00 bits per heavy atom. The fourth-order valence-electron chi connectivity index (χ4n) is 1.51. The van der Waals surface area contributed by atoms with E-state index in [9.17, 15) is 4.55 Å². The maximum absolute atomic E-state index is 12.0. The van der Waals surface area contributed by atoms with Crippen molar-refractivity contribution in [3.63, 3.8) is 0 Å². The summed E-state index contributed by atoms with van der Waals surface area (Å²) in [6, 6.07) is 10.0. The van der Waals surface area contributed by atoms with Gasteiger partial charge in [-0.25, -0.2) is 0 Å². The number of nitrogens with one attached hydrogen (secondary N) is 1. The Morgan fingerprint density at radius 3 is 2.53 bits per heavy atom. The molecule has 0 bridgehead atoms. The van der Waals surface area contributed by atoms with Crippen LogP contribution < -0.4 is 5.32 Å². The van der Waals surface area contributed by atoms with Gasteiger partial charge in [-0.1, -0.05) is 31.5 Å². The quantitative estimate of drug-likeness (QED) is 0.753. The highest BCUT2D eigenvalue weighted by Gasteiger charge is 2.16. The van der Waals surface area contributed by atoms with Gasteiger partial charge in [-0.15, -0.1) is 0 Å². The van der Waals surface area contributed by atoms with Crippen LogP contribution in [-0.4, -0.2) is 23.4 Å². The zero-order valence-electron chi connectivity index (χ0n) is 9.40. The molecular formula is C12H19NOS. The molecule has 0 amide bonds. The predicted octanol–water partition coefficient (Wildman–Crippen LogP) is 2.18. The van der Waals surface area contributed by atoms with Crippen molar-refractivity contribution >= 4 is 11.2 Å². The summed E-state index contributed by atoms with van der Waals surface area (Å²) in [7, 11) is 1.93. The van der Waals surface area contributed by atoms with Crippen molar-refractivity contribution < 1.29 is 4.55 Å². The second-order valence-electron chi connectivity index (χ2n) is 3.60. The van der Waals surface area contributed by atoms with Gasteiger partial charge in [-0.3, -0.25) is 0 Å². The molecule has 1 aromatic carbocycles. The van der Waals surface area contributed by atoms with Crippen molar-refractivity contribution in [2.45, 2.75) is 30.7 Å². The molecule has 84 valence electrons. The van der Waals surface area contributed by atoms with E-state index in [1.54, 1.807) is 0 Å². The van der Waals surface area contributed by atoms with E-state index in [-0.39, 0.29) is 0 Å². The Kier molecular flexibility index (Phi) is 5.76. The zero-order chi connectivity index (χ0) is 11.1. The number of hydrogen-bond acceptors (Lipinski definition) is 2. The van der Waals surface area contributed by atoms with Crippen molar-refractivity contribution in [2.24, 2.45) is 0 Å². The van der Waals surface area contributed by atoms with E-state index in [1.165, 1.54) is 0 Å². The molecule has 0 radical (unpaired) electrons. The Hall–Kier alpha value is -0.510. The molecule has 0 aliphatic heterocycles. The third-order valence-electron chi connectivity index (χ3n) is 2.40. The summed E-state index contributed by atoms with van der Waals surface area (Å²) in [5, 5.41) is 3.21. The second-order valence-corrected chi connectivity index (χ2v) is 5.10. The van der Waals surface area contributed by atoms with Gasteiger partial charge in [0.2, 0.25) is 0 Å². The van der Waals surface area contributed by atoms with Crippen LogP contribution in [0.4, 0.5) is 0 Å². The minimum atomic E-state index is -0.877. The molecular weight excluding hydrogens is 206 g/mol. The Balaban J connectivity index is 2.50. The van der Waals surface area contributed by atoms with E-state index in [1.807, 2.05) is 37.4 Å². The lowest BCUT2D eigenvalue weighted by atomic mass is 10.2. The Bertz CT molecular complexity index is 266. The lowest BCUT2D eigenvalue weighted by molar-refractivity contribution is 0.536. The molecule has 2 atom stereocenters. The largest absolute Gasteiger partial charge is 0.611 e. The van der Waals surface area contributed by atoms with Gasteiger partial charge < -0.3 is 9.87 Å². The predicted molar refractivity (Wildman–Crippen MR) is 65.5 cm³/mol. The van der Waals surface area contributed by atoms with Crippen LogP contribution in [0.3, 0.4) is 0 Å². The molecule has 0 aliphatic rings. The molecule has 0 spiro atoms. The van der Waals surface area contributed by atoms with E-state index < -0.39 is 11.2 Å². The minimum Gasteiger partial charge on any atom is -0.611 e. The van der Waals surface area contributed by atoms with Gasteiger partial charge in [0.1, 0.15) is 5.75 Å². The fourth-order valence-corrected chi connectivity index (χ4v) is 2.86. The summed E-state index contributed by atoms with van der Waals surface area (Å²) >= 11 is -0.877.